The summed E-state index contributed by atoms with van der Waals surface area (Å²) in [5.41, 5.74) is 0.794. The number of pyridine rings is 1. The molecule has 6 nitrogen and oxygen atoms in total. The lowest BCUT2D eigenvalue weighted by molar-refractivity contribution is -0.0415. The molecule has 2 atom stereocenters. The van der Waals surface area contributed by atoms with Crippen LogP contribution in [-0.2, 0) is 4.74 Å². The van der Waals surface area contributed by atoms with Gasteiger partial charge in [0.05, 0.1) is 30.2 Å². The lowest BCUT2D eigenvalue weighted by Gasteiger charge is -2.35. The fourth-order valence-electron chi connectivity index (χ4n) is 2.95. The first-order valence-corrected chi connectivity index (χ1v) is 7.01. The molecule has 0 radical (unpaired) electrons. The van der Waals surface area contributed by atoms with Gasteiger partial charge in [-0.05, 0) is 25.5 Å². The van der Waals surface area contributed by atoms with Gasteiger partial charge in [-0.2, -0.15) is 0 Å². The number of rotatable bonds is 4. The first-order chi connectivity index (χ1) is 9.74. The number of carboxylic acids is 1. The van der Waals surface area contributed by atoms with Gasteiger partial charge in [-0.15, -0.1) is 0 Å². The largest absolute Gasteiger partial charge is 0.478 e. The summed E-state index contributed by atoms with van der Waals surface area (Å²) in [6.07, 6.45) is 5.61. The van der Waals surface area contributed by atoms with Gasteiger partial charge in [0.2, 0.25) is 0 Å². The molecule has 1 aromatic heterocycles. The molecule has 3 heterocycles. The lowest BCUT2D eigenvalue weighted by Crippen LogP contribution is -2.48. The predicted molar refractivity (Wildman–Crippen MR) is 74.0 cm³/mol. The van der Waals surface area contributed by atoms with E-state index >= 15 is 0 Å². The summed E-state index contributed by atoms with van der Waals surface area (Å²) >= 11 is 0. The third-order valence-corrected chi connectivity index (χ3v) is 4.03. The number of nitrogens with one attached hydrogen (secondary N) is 1. The van der Waals surface area contributed by atoms with Crippen molar-refractivity contribution in [2.75, 3.05) is 31.6 Å². The number of anilines is 1. The number of fused-ring (bicyclic) bond motifs is 1. The molecule has 2 unspecified atom stereocenters. The van der Waals surface area contributed by atoms with Crippen molar-refractivity contribution < 1.29 is 14.6 Å². The third-order valence-electron chi connectivity index (χ3n) is 4.03. The summed E-state index contributed by atoms with van der Waals surface area (Å²) in [6.45, 7) is 3.46. The minimum atomic E-state index is -0.945. The number of hydrogen-bond donors (Lipinski definition) is 2. The molecule has 2 aliphatic rings. The van der Waals surface area contributed by atoms with Gasteiger partial charge in [-0.25, -0.2) is 4.79 Å². The Balaban J connectivity index is 1.58. The van der Waals surface area contributed by atoms with E-state index in [4.69, 9.17) is 9.84 Å². The molecule has 0 amide bonds. The molecule has 0 aliphatic carbocycles. The van der Waals surface area contributed by atoms with Crippen molar-refractivity contribution in [3.8, 4) is 0 Å². The highest BCUT2D eigenvalue weighted by Crippen LogP contribution is 2.23. The number of aromatic nitrogens is 1. The van der Waals surface area contributed by atoms with Crippen LogP contribution in [0.4, 0.5) is 5.69 Å². The van der Waals surface area contributed by atoms with E-state index < -0.39 is 5.97 Å². The second-order valence-corrected chi connectivity index (χ2v) is 5.35. The first kappa shape index (κ1) is 13.3. The van der Waals surface area contributed by atoms with Crippen LogP contribution in [0, 0.1) is 0 Å². The monoisotopic (exact) mass is 277 g/mol. The number of carbonyl (C=O) groups is 1. The van der Waals surface area contributed by atoms with Crippen molar-refractivity contribution in [2.45, 2.75) is 25.0 Å². The lowest BCUT2D eigenvalue weighted by atomic mass is 10.2. The van der Waals surface area contributed by atoms with Crippen LogP contribution in [-0.4, -0.2) is 59.3 Å². The molecule has 0 saturated carbocycles. The van der Waals surface area contributed by atoms with Gasteiger partial charge in [-0.1, -0.05) is 0 Å². The molecule has 3 rings (SSSR count). The van der Waals surface area contributed by atoms with Crippen molar-refractivity contribution in [1.29, 1.82) is 0 Å². The minimum absolute atomic E-state index is 0.103. The molecule has 6 heteroatoms. The van der Waals surface area contributed by atoms with Crippen LogP contribution in [0.25, 0.3) is 0 Å². The molecule has 2 fully saturated rings. The van der Waals surface area contributed by atoms with E-state index in [2.05, 4.69) is 15.2 Å². The predicted octanol–water partition coefficient (Wildman–Crippen LogP) is 1.05. The average Bonchev–Trinajstić information content (AvgIpc) is 2.92. The molecular weight excluding hydrogens is 258 g/mol. The van der Waals surface area contributed by atoms with Crippen molar-refractivity contribution >= 4 is 11.7 Å². The molecule has 20 heavy (non-hydrogen) atoms. The van der Waals surface area contributed by atoms with E-state index in [0.29, 0.717) is 18.3 Å². The van der Waals surface area contributed by atoms with E-state index in [9.17, 15) is 4.79 Å². The Bertz CT molecular complexity index is 494. The van der Waals surface area contributed by atoms with Crippen molar-refractivity contribution in [3.63, 3.8) is 0 Å². The molecule has 0 bridgehead atoms. The molecule has 0 spiro atoms. The number of ether oxygens (including phenoxy) is 1. The van der Waals surface area contributed by atoms with Crippen LogP contribution in [0.2, 0.25) is 0 Å². The Morgan fingerprint density at radius 1 is 1.60 bits per heavy atom. The van der Waals surface area contributed by atoms with Crippen LogP contribution in [0.5, 0.6) is 0 Å². The number of hydrogen-bond acceptors (Lipinski definition) is 5. The molecule has 2 saturated heterocycles. The summed E-state index contributed by atoms with van der Waals surface area (Å²) in [6, 6.07) is 2.09. The maximum absolute atomic E-state index is 11.1. The first-order valence-electron chi connectivity index (χ1n) is 7.01. The van der Waals surface area contributed by atoms with Crippen molar-refractivity contribution in [1.82, 2.24) is 9.88 Å². The molecule has 2 N–H and O–H groups in total. The van der Waals surface area contributed by atoms with E-state index in [0.717, 1.165) is 19.7 Å². The Morgan fingerprint density at radius 3 is 3.35 bits per heavy atom. The fraction of sp³-hybridized carbons (Fsp3) is 0.571. The minimum Gasteiger partial charge on any atom is -0.478 e. The molecule has 2 aliphatic heterocycles. The van der Waals surface area contributed by atoms with E-state index in [1.54, 1.807) is 6.20 Å². The fourth-order valence-corrected chi connectivity index (χ4v) is 2.95. The Labute approximate surface area is 117 Å². The second kappa shape index (κ2) is 5.76. The van der Waals surface area contributed by atoms with Crippen LogP contribution >= 0.6 is 0 Å². The van der Waals surface area contributed by atoms with Crippen LogP contribution < -0.4 is 5.32 Å². The van der Waals surface area contributed by atoms with Crippen molar-refractivity contribution in [2.24, 2.45) is 0 Å². The zero-order chi connectivity index (χ0) is 13.9. The van der Waals surface area contributed by atoms with Gasteiger partial charge in [-0.3, -0.25) is 9.88 Å². The summed E-state index contributed by atoms with van der Waals surface area (Å²) in [5.74, 6) is -0.945. The average molecular weight is 277 g/mol. The highest BCUT2D eigenvalue weighted by atomic mass is 16.5. The number of morpholine rings is 1. The SMILES string of the molecule is O=C(O)c1ccncc1NCC1CN2CCCC2CO1. The van der Waals surface area contributed by atoms with Crippen LogP contribution in [0.15, 0.2) is 18.5 Å². The van der Waals surface area contributed by atoms with E-state index in [1.807, 2.05) is 0 Å². The van der Waals surface area contributed by atoms with Gasteiger partial charge in [0.15, 0.2) is 0 Å². The molecule has 108 valence electrons. The summed E-state index contributed by atoms with van der Waals surface area (Å²) in [4.78, 5) is 17.6. The Morgan fingerprint density at radius 2 is 2.50 bits per heavy atom. The topological polar surface area (TPSA) is 74.7 Å². The van der Waals surface area contributed by atoms with Crippen LogP contribution in [0.1, 0.15) is 23.2 Å². The summed E-state index contributed by atoms with van der Waals surface area (Å²) in [5, 5.41) is 12.3. The quantitative estimate of drug-likeness (QED) is 0.857. The van der Waals surface area contributed by atoms with Gasteiger partial charge in [0.25, 0.3) is 0 Å². The van der Waals surface area contributed by atoms with Gasteiger partial charge in [0.1, 0.15) is 0 Å². The number of nitrogens with zero attached hydrogens (tertiary/aromatic N) is 2. The van der Waals surface area contributed by atoms with E-state index in [1.165, 1.54) is 25.1 Å². The zero-order valence-corrected chi connectivity index (χ0v) is 11.3. The van der Waals surface area contributed by atoms with Crippen LogP contribution in [0.3, 0.4) is 0 Å². The standard InChI is InChI=1S/C14H19N3O3/c18-14(19)12-3-4-15-7-13(12)16-6-11-8-17-5-1-2-10(17)9-20-11/h3-4,7,10-11,16H,1-2,5-6,8-9H2,(H,18,19). The summed E-state index contributed by atoms with van der Waals surface area (Å²) in [7, 11) is 0. The second-order valence-electron chi connectivity index (χ2n) is 5.35. The highest BCUT2D eigenvalue weighted by Gasteiger charge is 2.32. The molecular formula is C14H19N3O3. The third kappa shape index (κ3) is 2.76. The number of aromatic carboxylic acids is 1. The Hall–Kier alpha value is -1.66. The van der Waals surface area contributed by atoms with E-state index in [-0.39, 0.29) is 11.7 Å². The smallest absolute Gasteiger partial charge is 0.337 e. The maximum atomic E-state index is 11.1. The highest BCUT2D eigenvalue weighted by molar-refractivity contribution is 5.93. The number of carboxylic acid groups (broad SMARTS) is 1. The Kier molecular flexibility index (Phi) is 3.84. The summed E-state index contributed by atoms with van der Waals surface area (Å²) < 4.78 is 5.84. The molecule has 1 aromatic rings. The normalized spacial score (nSPS) is 26.2. The maximum Gasteiger partial charge on any atom is 0.337 e. The van der Waals surface area contributed by atoms with Gasteiger partial charge in [0, 0.05) is 25.3 Å². The van der Waals surface area contributed by atoms with Gasteiger partial charge < -0.3 is 15.2 Å². The van der Waals surface area contributed by atoms with Gasteiger partial charge >= 0.3 is 5.97 Å². The molecule has 0 aromatic carbocycles. The zero-order valence-electron chi connectivity index (χ0n) is 11.3. The van der Waals surface area contributed by atoms with Crippen molar-refractivity contribution in [3.05, 3.63) is 24.0 Å².